The molecule has 2 atom stereocenters. The first-order valence-electron chi connectivity index (χ1n) is 7.68. The Kier molecular flexibility index (Phi) is 11.1. The molecule has 0 bridgehead atoms. The smallest absolute Gasteiger partial charge is 0.303 e. The summed E-state index contributed by atoms with van der Waals surface area (Å²) in [4.78, 5) is 22.2. The molecule has 118 valence electrons. The maximum absolute atomic E-state index is 11.7. The molecule has 0 saturated heterocycles. The van der Waals surface area contributed by atoms with Crippen molar-refractivity contribution in [3.8, 4) is 0 Å². The van der Waals surface area contributed by atoms with Crippen LogP contribution in [0.1, 0.15) is 58.8 Å². The molecule has 0 saturated carbocycles. The highest BCUT2D eigenvalue weighted by molar-refractivity contribution is 5.75. The Bertz CT molecular complexity index is 276. The van der Waals surface area contributed by atoms with Crippen LogP contribution in [-0.2, 0) is 9.59 Å². The van der Waals surface area contributed by atoms with E-state index in [0.717, 1.165) is 25.7 Å². The summed E-state index contributed by atoms with van der Waals surface area (Å²) in [6, 6.07) is 0. The van der Waals surface area contributed by atoms with Crippen LogP contribution in [0, 0.1) is 11.8 Å². The van der Waals surface area contributed by atoms with Crippen LogP contribution in [-0.4, -0.2) is 30.1 Å². The van der Waals surface area contributed by atoms with Gasteiger partial charge in [-0.1, -0.05) is 26.7 Å². The van der Waals surface area contributed by atoms with Gasteiger partial charge in [0.1, 0.15) is 0 Å². The lowest BCUT2D eigenvalue weighted by Gasteiger charge is -2.15. The lowest BCUT2D eigenvalue weighted by molar-refractivity contribution is -0.137. The zero-order valence-corrected chi connectivity index (χ0v) is 12.9. The minimum absolute atomic E-state index is 0.0605. The molecule has 0 fully saturated rings. The maximum Gasteiger partial charge on any atom is 0.303 e. The van der Waals surface area contributed by atoms with Crippen LogP contribution in [0.15, 0.2) is 0 Å². The van der Waals surface area contributed by atoms with Crippen LogP contribution in [0.2, 0.25) is 0 Å². The van der Waals surface area contributed by atoms with E-state index in [9.17, 15) is 9.59 Å². The van der Waals surface area contributed by atoms with E-state index < -0.39 is 5.97 Å². The largest absolute Gasteiger partial charge is 0.481 e. The first-order valence-corrected chi connectivity index (χ1v) is 7.68. The summed E-state index contributed by atoms with van der Waals surface area (Å²) in [7, 11) is 0. The number of nitrogens with one attached hydrogen (secondary N) is 1. The molecule has 5 heteroatoms. The molecule has 0 spiro atoms. The second kappa shape index (κ2) is 11.7. The van der Waals surface area contributed by atoms with Crippen LogP contribution >= 0.6 is 0 Å². The molecule has 0 aliphatic rings. The molecule has 0 aromatic carbocycles. The molecule has 0 aromatic rings. The quantitative estimate of drug-likeness (QED) is 0.512. The summed E-state index contributed by atoms with van der Waals surface area (Å²) in [6.07, 6.45) is 5.41. The van der Waals surface area contributed by atoms with Crippen LogP contribution in [0.3, 0.4) is 0 Å². The summed E-state index contributed by atoms with van der Waals surface area (Å²) in [5, 5.41) is 11.5. The van der Waals surface area contributed by atoms with Gasteiger partial charge in [-0.25, -0.2) is 0 Å². The van der Waals surface area contributed by atoms with Crippen molar-refractivity contribution in [2.45, 2.75) is 58.8 Å². The fraction of sp³-hybridized carbons (Fsp3) is 0.867. The molecule has 20 heavy (non-hydrogen) atoms. The van der Waals surface area contributed by atoms with Crippen molar-refractivity contribution >= 4 is 11.9 Å². The molecule has 0 aliphatic carbocycles. The number of carboxylic acid groups (broad SMARTS) is 1. The van der Waals surface area contributed by atoms with Gasteiger partial charge in [0.2, 0.25) is 5.91 Å². The minimum atomic E-state index is -0.785. The Morgan fingerprint density at radius 2 is 1.85 bits per heavy atom. The van der Waals surface area contributed by atoms with E-state index in [2.05, 4.69) is 12.2 Å². The highest BCUT2D eigenvalue weighted by Gasteiger charge is 2.11. The van der Waals surface area contributed by atoms with Crippen molar-refractivity contribution in [2.75, 3.05) is 13.1 Å². The number of hydrogen-bond donors (Lipinski definition) is 3. The highest BCUT2D eigenvalue weighted by atomic mass is 16.4. The van der Waals surface area contributed by atoms with Gasteiger partial charge in [0.05, 0.1) is 0 Å². The molecule has 5 nitrogen and oxygen atoms in total. The fourth-order valence-corrected chi connectivity index (χ4v) is 2.26. The predicted molar refractivity (Wildman–Crippen MR) is 80.3 cm³/mol. The van der Waals surface area contributed by atoms with Crippen LogP contribution < -0.4 is 11.1 Å². The minimum Gasteiger partial charge on any atom is -0.481 e. The first-order chi connectivity index (χ1) is 9.49. The van der Waals surface area contributed by atoms with Gasteiger partial charge in [0.15, 0.2) is 0 Å². The molecule has 1 amide bonds. The third kappa shape index (κ3) is 10.8. The number of rotatable bonds is 12. The molecule has 2 unspecified atom stereocenters. The Morgan fingerprint density at radius 1 is 1.15 bits per heavy atom. The number of hydrogen-bond acceptors (Lipinski definition) is 3. The number of amides is 1. The molecular formula is C15H30N2O3. The highest BCUT2D eigenvalue weighted by Crippen LogP contribution is 2.16. The zero-order valence-electron chi connectivity index (χ0n) is 12.9. The number of carboxylic acids is 1. The molecule has 0 radical (unpaired) electrons. The van der Waals surface area contributed by atoms with E-state index in [0.29, 0.717) is 31.8 Å². The monoisotopic (exact) mass is 286 g/mol. The number of carbonyl (C=O) groups excluding carboxylic acids is 1. The molecular weight excluding hydrogens is 256 g/mol. The van der Waals surface area contributed by atoms with Crippen molar-refractivity contribution in [3.05, 3.63) is 0 Å². The second-order valence-corrected chi connectivity index (χ2v) is 5.61. The summed E-state index contributed by atoms with van der Waals surface area (Å²) < 4.78 is 0. The topological polar surface area (TPSA) is 92.4 Å². The Morgan fingerprint density at radius 3 is 2.40 bits per heavy atom. The standard InChI is InChI=1S/C15H30N2O3/c1-3-4-13(9-10-16)6-7-14(18)17-11-12(2)5-8-15(19)20/h12-13H,3-11,16H2,1-2H3,(H,17,18)(H,19,20). The van der Waals surface area contributed by atoms with Crippen LogP contribution in [0.25, 0.3) is 0 Å². The summed E-state index contributed by atoms with van der Waals surface area (Å²) in [6.45, 7) is 5.34. The first kappa shape index (κ1) is 18.9. The Balaban J connectivity index is 3.78. The van der Waals surface area contributed by atoms with E-state index >= 15 is 0 Å². The van der Waals surface area contributed by atoms with Gasteiger partial charge in [-0.2, -0.15) is 0 Å². The van der Waals surface area contributed by atoms with Crippen molar-refractivity contribution in [1.29, 1.82) is 0 Å². The van der Waals surface area contributed by atoms with Gasteiger partial charge < -0.3 is 16.2 Å². The third-order valence-corrected chi connectivity index (χ3v) is 3.55. The van der Waals surface area contributed by atoms with E-state index in [1.54, 1.807) is 0 Å². The van der Waals surface area contributed by atoms with E-state index in [1.807, 2.05) is 6.92 Å². The SMILES string of the molecule is CCCC(CCN)CCC(=O)NCC(C)CCC(=O)O. The lowest BCUT2D eigenvalue weighted by Crippen LogP contribution is -2.28. The third-order valence-electron chi connectivity index (χ3n) is 3.55. The molecule has 0 rings (SSSR count). The average Bonchev–Trinajstić information content (AvgIpc) is 2.40. The van der Waals surface area contributed by atoms with E-state index in [-0.39, 0.29) is 18.2 Å². The van der Waals surface area contributed by atoms with Gasteiger partial charge in [0, 0.05) is 19.4 Å². The number of aliphatic carboxylic acids is 1. The molecule has 0 aromatic heterocycles. The average molecular weight is 286 g/mol. The number of nitrogens with two attached hydrogens (primary N) is 1. The molecule has 0 heterocycles. The van der Waals surface area contributed by atoms with Crippen LogP contribution in [0.5, 0.6) is 0 Å². The summed E-state index contributed by atoms with van der Waals surface area (Å²) in [5.74, 6) is 0.0170. The van der Waals surface area contributed by atoms with Gasteiger partial charge in [-0.15, -0.1) is 0 Å². The fourth-order valence-electron chi connectivity index (χ4n) is 2.26. The molecule has 0 aliphatic heterocycles. The normalized spacial score (nSPS) is 13.8. The summed E-state index contributed by atoms with van der Waals surface area (Å²) in [5.41, 5.74) is 5.57. The van der Waals surface area contributed by atoms with Gasteiger partial charge >= 0.3 is 5.97 Å². The van der Waals surface area contributed by atoms with E-state index in [4.69, 9.17) is 10.8 Å². The Hall–Kier alpha value is -1.10. The van der Waals surface area contributed by atoms with Crippen LogP contribution in [0.4, 0.5) is 0 Å². The number of carbonyl (C=O) groups is 2. The van der Waals surface area contributed by atoms with Gasteiger partial charge in [0.25, 0.3) is 0 Å². The molecule has 4 N–H and O–H groups in total. The predicted octanol–water partition coefficient (Wildman–Crippen LogP) is 2.15. The lowest BCUT2D eigenvalue weighted by atomic mass is 9.94. The maximum atomic E-state index is 11.7. The van der Waals surface area contributed by atoms with Gasteiger partial charge in [-0.3, -0.25) is 9.59 Å². The van der Waals surface area contributed by atoms with Crippen molar-refractivity contribution in [3.63, 3.8) is 0 Å². The second-order valence-electron chi connectivity index (χ2n) is 5.61. The van der Waals surface area contributed by atoms with Crippen molar-refractivity contribution in [2.24, 2.45) is 17.6 Å². The Labute approximate surface area is 122 Å². The van der Waals surface area contributed by atoms with E-state index in [1.165, 1.54) is 0 Å². The zero-order chi connectivity index (χ0) is 15.4. The van der Waals surface area contributed by atoms with Gasteiger partial charge in [-0.05, 0) is 37.6 Å². The van der Waals surface area contributed by atoms with Crippen molar-refractivity contribution < 1.29 is 14.7 Å². The van der Waals surface area contributed by atoms with Crippen molar-refractivity contribution in [1.82, 2.24) is 5.32 Å². The summed E-state index contributed by atoms with van der Waals surface area (Å²) >= 11 is 0.